The molecule has 7 nitrogen and oxygen atoms in total. The van der Waals surface area contributed by atoms with E-state index in [4.69, 9.17) is 14.4 Å². The highest BCUT2D eigenvalue weighted by Gasteiger charge is 2.17. The lowest BCUT2D eigenvalue weighted by molar-refractivity contribution is -0.138. The van der Waals surface area contributed by atoms with E-state index in [1.165, 1.54) is 0 Å². The largest absolute Gasteiger partial charge is 0.480 e. The average molecular weight is 336 g/mol. The van der Waals surface area contributed by atoms with Crippen LogP contribution in [0.1, 0.15) is 51.9 Å². The fourth-order valence-corrected chi connectivity index (χ4v) is 1.82. The number of rotatable bonds is 10. The van der Waals surface area contributed by atoms with Gasteiger partial charge < -0.3 is 14.4 Å². The molecule has 0 aliphatic carbocycles. The molecule has 0 aliphatic heterocycles. The molecule has 22 heavy (non-hydrogen) atoms. The molecule has 0 aromatic carbocycles. The van der Waals surface area contributed by atoms with Crippen LogP contribution >= 0.6 is 12.4 Å². The minimum Gasteiger partial charge on any atom is -0.480 e. The lowest BCUT2D eigenvalue weighted by atomic mass is 10.2. The van der Waals surface area contributed by atoms with Crippen molar-refractivity contribution in [2.75, 3.05) is 19.7 Å². The van der Waals surface area contributed by atoms with Gasteiger partial charge in [-0.25, -0.2) is 0 Å². The molecule has 1 atom stereocenters. The first-order chi connectivity index (χ1) is 9.92. The van der Waals surface area contributed by atoms with E-state index < -0.39 is 5.97 Å². The van der Waals surface area contributed by atoms with Crippen molar-refractivity contribution in [3.8, 4) is 0 Å². The molecule has 1 unspecified atom stereocenters. The van der Waals surface area contributed by atoms with E-state index in [0.29, 0.717) is 37.3 Å². The highest BCUT2D eigenvalue weighted by atomic mass is 35.5. The number of hydrogen-bond acceptors (Lipinski definition) is 6. The highest BCUT2D eigenvalue weighted by Crippen LogP contribution is 2.15. The summed E-state index contributed by atoms with van der Waals surface area (Å²) in [5, 5.41) is 12.8. The van der Waals surface area contributed by atoms with Crippen LogP contribution in [0.2, 0.25) is 0 Å². The number of halogens is 1. The van der Waals surface area contributed by atoms with Gasteiger partial charge in [-0.15, -0.1) is 12.4 Å². The minimum atomic E-state index is -0.864. The Balaban J connectivity index is 0.00000441. The Morgan fingerprint density at radius 2 is 2.09 bits per heavy atom. The number of carbonyl (C=O) groups is 1. The second kappa shape index (κ2) is 10.5. The number of carboxylic acid groups (broad SMARTS) is 1. The Labute approximate surface area is 137 Å². The molecule has 0 fully saturated rings. The van der Waals surface area contributed by atoms with Gasteiger partial charge in [0.1, 0.15) is 6.10 Å². The minimum absolute atomic E-state index is 0. The second-order valence-electron chi connectivity index (χ2n) is 5.52. The van der Waals surface area contributed by atoms with Crippen LogP contribution in [0.25, 0.3) is 0 Å². The molecule has 1 aromatic heterocycles. The molecule has 0 amide bonds. The number of carboxylic acids is 1. The summed E-state index contributed by atoms with van der Waals surface area (Å²) in [4.78, 5) is 16.9. The summed E-state index contributed by atoms with van der Waals surface area (Å²) in [5.74, 6) is 0.489. The van der Waals surface area contributed by atoms with Gasteiger partial charge in [-0.2, -0.15) is 4.98 Å². The smallest absolute Gasteiger partial charge is 0.317 e. The van der Waals surface area contributed by atoms with Crippen molar-refractivity contribution in [1.82, 2.24) is 15.0 Å². The van der Waals surface area contributed by atoms with Gasteiger partial charge in [0.25, 0.3) is 0 Å². The van der Waals surface area contributed by atoms with E-state index in [1.54, 1.807) is 4.90 Å². The van der Waals surface area contributed by atoms with E-state index >= 15 is 0 Å². The Morgan fingerprint density at radius 1 is 1.41 bits per heavy atom. The average Bonchev–Trinajstić information content (AvgIpc) is 2.84. The number of aliphatic carboxylic acids is 1. The summed E-state index contributed by atoms with van der Waals surface area (Å²) in [7, 11) is 0. The molecule has 8 heteroatoms. The number of hydrogen-bond donors (Lipinski definition) is 1. The Bertz CT molecular complexity index is 439. The maximum Gasteiger partial charge on any atom is 0.317 e. The van der Waals surface area contributed by atoms with E-state index in [1.807, 2.05) is 13.8 Å². The van der Waals surface area contributed by atoms with Crippen molar-refractivity contribution in [2.45, 2.75) is 46.8 Å². The molecule has 0 saturated carbocycles. The quantitative estimate of drug-likeness (QED) is 0.702. The first kappa shape index (κ1) is 20.8. The van der Waals surface area contributed by atoms with Crippen LogP contribution in [-0.4, -0.2) is 45.8 Å². The van der Waals surface area contributed by atoms with Crippen molar-refractivity contribution < 1.29 is 19.2 Å². The van der Waals surface area contributed by atoms with Gasteiger partial charge in [-0.1, -0.05) is 25.9 Å². The van der Waals surface area contributed by atoms with Crippen molar-refractivity contribution >= 4 is 18.4 Å². The van der Waals surface area contributed by atoms with Gasteiger partial charge in [0.2, 0.25) is 5.89 Å². The molecule has 1 rings (SSSR count). The van der Waals surface area contributed by atoms with Gasteiger partial charge in [-0.3, -0.25) is 9.69 Å². The molecule has 1 N–H and O–H groups in total. The predicted molar refractivity (Wildman–Crippen MR) is 84.0 cm³/mol. The number of aromatic nitrogens is 2. The van der Waals surface area contributed by atoms with Gasteiger partial charge in [0, 0.05) is 6.61 Å². The molecule has 0 radical (unpaired) electrons. The van der Waals surface area contributed by atoms with Gasteiger partial charge >= 0.3 is 5.97 Å². The summed E-state index contributed by atoms with van der Waals surface area (Å²) in [6.07, 6.45) is 0.631. The first-order valence-corrected chi connectivity index (χ1v) is 7.30. The molecule has 0 bridgehead atoms. The summed E-state index contributed by atoms with van der Waals surface area (Å²) in [6, 6.07) is 0. The van der Waals surface area contributed by atoms with Crippen molar-refractivity contribution in [1.29, 1.82) is 0 Å². The zero-order valence-electron chi connectivity index (χ0n) is 13.6. The van der Waals surface area contributed by atoms with Gasteiger partial charge in [0.15, 0.2) is 5.82 Å². The third-order valence-corrected chi connectivity index (χ3v) is 2.78. The summed E-state index contributed by atoms with van der Waals surface area (Å²) < 4.78 is 10.8. The fourth-order valence-electron chi connectivity index (χ4n) is 1.82. The van der Waals surface area contributed by atoms with Crippen LogP contribution in [0.3, 0.4) is 0 Å². The standard InChI is InChI=1S/C14H25N3O4.ClH/c1-5-6-17(8-13(18)19)7-12-15-14(16-21-12)11(4)20-9-10(2)3;/h10-11H,5-9H2,1-4H3,(H,18,19);1H. The van der Waals surface area contributed by atoms with E-state index in [-0.39, 0.29) is 25.1 Å². The maximum absolute atomic E-state index is 10.8. The predicted octanol–water partition coefficient (Wildman–Crippen LogP) is 2.52. The van der Waals surface area contributed by atoms with Crippen LogP contribution in [-0.2, 0) is 16.1 Å². The topological polar surface area (TPSA) is 88.7 Å². The van der Waals surface area contributed by atoms with E-state index in [9.17, 15) is 4.79 Å². The summed E-state index contributed by atoms with van der Waals surface area (Å²) >= 11 is 0. The van der Waals surface area contributed by atoms with Crippen molar-refractivity contribution in [2.24, 2.45) is 5.92 Å². The third kappa shape index (κ3) is 7.72. The first-order valence-electron chi connectivity index (χ1n) is 7.30. The van der Waals surface area contributed by atoms with Gasteiger partial charge in [-0.05, 0) is 25.8 Å². The van der Waals surface area contributed by atoms with E-state index in [2.05, 4.69) is 24.0 Å². The highest BCUT2D eigenvalue weighted by molar-refractivity contribution is 5.85. The lowest BCUT2D eigenvalue weighted by Gasteiger charge is -2.16. The molecule has 0 saturated heterocycles. The number of nitrogens with zero attached hydrogens (tertiary/aromatic N) is 3. The molecular weight excluding hydrogens is 310 g/mol. The molecular formula is C14H26ClN3O4. The monoisotopic (exact) mass is 335 g/mol. The third-order valence-electron chi connectivity index (χ3n) is 2.78. The molecule has 128 valence electrons. The molecule has 0 spiro atoms. The second-order valence-corrected chi connectivity index (χ2v) is 5.52. The fraction of sp³-hybridized carbons (Fsp3) is 0.786. The molecule has 1 aromatic rings. The Hall–Kier alpha value is -1.18. The van der Waals surface area contributed by atoms with Crippen LogP contribution in [0.5, 0.6) is 0 Å². The Kier molecular flexibility index (Phi) is 9.97. The van der Waals surface area contributed by atoms with E-state index in [0.717, 1.165) is 6.42 Å². The van der Waals surface area contributed by atoms with Crippen molar-refractivity contribution in [3.63, 3.8) is 0 Å². The normalized spacial score (nSPS) is 12.5. The number of ether oxygens (including phenoxy) is 1. The van der Waals surface area contributed by atoms with Crippen LogP contribution in [0.4, 0.5) is 0 Å². The molecule has 0 aliphatic rings. The van der Waals surface area contributed by atoms with Crippen molar-refractivity contribution in [3.05, 3.63) is 11.7 Å². The van der Waals surface area contributed by atoms with Crippen LogP contribution in [0, 0.1) is 5.92 Å². The lowest BCUT2D eigenvalue weighted by Crippen LogP contribution is -2.30. The zero-order valence-corrected chi connectivity index (χ0v) is 14.4. The SMILES string of the molecule is CCCN(CC(=O)O)Cc1nc(C(C)OCC(C)C)no1.Cl. The summed E-state index contributed by atoms with van der Waals surface area (Å²) in [6.45, 7) is 9.62. The van der Waals surface area contributed by atoms with Gasteiger partial charge in [0.05, 0.1) is 13.1 Å². The summed E-state index contributed by atoms with van der Waals surface area (Å²) in [5.41, 5.74) is 0. The zero-order chi connectivity index (χ0) is 15.8. The molecule has 1 heterocycles. The Morgan fingerprint density at radius 3 is 2.64 bits per heavy atom. The maximum atomic E-state index is 10.8. The van der Waals surface area contributed by atoms with Crippen LogP contribution in [0.15, 0.2) is 4.52 Å². The van der Waals surface area contributed by atoms with Crippen LogP contribution < -0.4 is 0 Å².